The van der Waals surface area contributed by atoms with Crippen LogP contribution in [0.25, 0.3) is 10.8 Å². The van der Waals surface area contributed by atoms with E-state index in [4.69, 9.17) is 0 Å². The zero-order valence-corrected chi connectivity index (χ0v) is 13.2. The van der Waals surface area contributed by atoms with Gasteiger partial charge in [0, 0.05) is 6.54 Å². The van der Waals surface area contributed by atoms with Crippen LogP contribution in [0.2, 0.25) is 0 Å². The van der Waals surface area contributed by atoms with Crippen molar-refractivity contribution in [3.05, 3.63) is 71.3 Å². The van der Waals surface area contributed by atoms with E-state index in [1.165, 1.54) is 6.07 Å². The molecule has 0 spiro atoms. The fourth-order valence-electron chi connectivity index (χ4n) is 3.49. The summed E-state index contributed by atoms with van der Waals surface area (Å²) >= 11 is 0. The van der Waals surface area contributed by atoms with Gasteiger partial charge in [-0.2, -0.15) is 0 Å². The molecule has 0 aliphatic carbocycles. The van der Waals surface area contributed by atoms with Crippen LogP contribution in [0.4, 0.5) is 0 Å². The number of nitrogens with zero attached hydrogens (tertiary/aromatic N) is 1. The minimum atomic E-state index is -0.329. The summed E-state index contributed by atoms with van der Waals surface area (Å²) in [6.45, 7) is 2.41. The third-order valence-electron chi connectivity index (χ3n) is 4.80. The van der Waals surface area contributed by atoms with Crippen LogP contribution in [0.5, 0.6) is 11.5 Å². The average molecular weight is 319 g/mol. The molecule has 120 valence electrons. The molecule has 4 rings (SSSR count). The maximum absolute atomic E-state index is 12.8. The van der Waals surface area contributed by atoms with E-state index in [-0.39, 0.29) is 29.0 Å². The van der Waals surface area contributed by atoms with E-state index in [9.17, 15) is 15.0 Å². The lowest BCUT2D eigenvalue weighted by Crippen LogP contribution is -2.27. The van der Waals surface area contributed by atoms with Crippen LogP contribution in [-0.4, -0.2) is 21.0 Å². The van der Waals surface area contributed by atoms with Crippen molar-refractivity contribution in [3.63, 3.8) is 0 Å². The summed E-state index contributed by atoms with van der Waals surface area (Å²) < 4.78 is 0. The fraction of sp³-hybridized carbons (Fsp3) is 0.150. The first-order chi connectivity index (χ1) is 11.6. The number of fused-ring (bicyclic) bond motifs is 2. The number of benzene rings is 3. The van der Waals surface area contributed by atoms with E-state index in [1.807, 2.05) is 31.2 Å². The quantitative estimate of drug-likeness (QED) is 0.703. The van der Waals surface area contributed by atoms with Crippen molar-refractivity contribution in [1.82, 2.24) is 4.90 Å². The molecule has 0 saturated carbocycles. The Balaban J connectivity index is 1.77. The van der Waals surface area contributed by atoms with Gasteiger partial charge in [0.2, 0.25) is 0 Å². The van der Waals surface area contributed by atoms with Gasteiger partial charge >= 0.3 is 0 Å². The molecular formula is C20H17NO3. The number of aromatic hydroxyl groups is 2. The highest BCUT2D eigenvalue weighted by atomic mass is 16.3. The van der Waals surface area contributed by atoms with Crippen molar-refractivity contribution in [1.29, 1.82) is 0 Å². The number of hydrogen-bond acceptors (Lipinski definition) is 3. The van der Waals surface area contributed by atoms with Crippen molar-refractivity contribution in [2.45, 2.75) is 19.5 Å². The molecule has 0 radical (unpaired) electrons. The Morgan fingerprint density at radius 3 is 2.58 bits per heavy atom. The van der Waals surface area contributed by atoms with Crippen LogP contribution in [0.15, 0.2) is 54.6 Å². The van der Waals surface area contributed by atoms with E-state index < -0.39 is 0 Å². The summed E-state index contributed by atoms with van der Waals surface area (Å²) in [4.78, 5) is 14.5. The van der Waals surface area contributed by atoms with E-state index in [0.29, 0.717) is 6.54 Å². The standard InChI is InChI=1S/C20H17NO3/c1-12(15-8-4-6-13-5-2-3-7-16(13)15)21-11-14-9-10-17(22)19(23)18(14)20(21)24/h2-10,12,22-23H,11H2,1H3. The molecule has 2 N–H and O–H groups in total. The second-order valence-electron chi connectivity index (χ2n) is 6.14. The molecule has 1 unspecified atom stereocenters. The first kappa shape index (κ1) is 14.6. The number of phenols is 2. The molecule has 0 saturated heterocycles. The molecule has 0 aromatic heterocycles. The lowest BCUT2D eigenvalue weighted by Gasteiger charge is -2.26. The van der Waals surface area contributed by atoms with Crippen molar-refractivity contribution in [2.24, 2.45) is 0 Å². The van der Waals surface area contributed by atoms with Gasteiger partial charge in [-0.1, -0.05) is 48.5 Å². The molecule has 1 atom stereocenters. The van der Waals surface area contributed by atoms with Crippen molar-refractivity contribution >= 4 is 16.7 Å². The SMILES string of the molecule is CC(c1cccc2ccccc12)N1Cc2ccc(O)c(O)c2C1=O. The van der Waals surface area contributed by atoms with Crippen molar-refractivity contribution in [3.8, 4) is 11.5 Å². The predicted molar refractivity (Wildman–Crippen MR) is 92.0 cm³/mol. The monoisotopic (exact) mass is 319 g/mol. The van der Waals surface area contributed by atoms with Gasteiger partial charge in [-0.05, 0) is 34.9 Å². The highest BCUT2D eigenvalue weighted by Crippen LogP contribution is 2.40. The second-order valence-corrected chi connectivity index (χ2v) is 6.14. The molecule has 3 aromatic carbocycles. The van der Waals surface area contributed by atoms with E-state index >= 15 is 0 Å². The normalized spacial score (nSPS) is 14.9. The van der Waals surface area contributed by atoms with Crippen molar-refractivity contribution < 1.29 is 15.0 Å². The largest absolute Gasteiger partial charge is 0.504 e. The third kappa shape index (κ3) is 2.03. The molecule has 3 aromatic rings. The van der Waals surface area contributed by atoms with Gasteiger partial charge in [0.25, 0.3) is 5.91 Å². The summed E-state index contributed by atoms with van der Waals surface area (Å²) in [5.41, 5.74) is 2.02. The number of phenolic OH excluding ortho intramolecular Hbond substituents is 2. The molecule has 24 heavy (non-hydrogen) atoms. The van der Waals surface area contributed by atoms with Gasteiger partial charge in [-0.25, -0.2) is 0 Å². The zero-order chi connectivity index (χ0) is 16.8. The molecule has 4 nitrogen and oxygen atoms in total. The molecule has 0 fully saturated rings. The summed E-state index contributed by atoms with van der Waals surface area (Å²) in [5.74, 6) is -0.842. The van der Waals surface area contributed by atoms with Crippen LogP contribution >= 0.6 is 0 Å². The maximum Gasteiger partial charge on any atom is 0.258 e. The van der Waals surface area contributed by atoms with Crippen molar-refractivity contribution in [2.75, 3.05) is 0 Å². The third-order valence-corrected chi connectivity index (χ3v) is 4.80. The molecule has 1 heterocycles. The first-order valence-electron chi connectivity index (χ1n) is 7.90. The maximum atomic E-state index is 12.8. The van der Waals surface area contributed by atoms with Crippen LogP contribution in [0.3, 0.4) is 0 Å². The number of rotatable bonds is 2. The lowest BCUT2D eigenvalue weighted by atomic mass is 9.99. The Bertz CT molecular complexity index is 959. The van der Waals surface area contributed by atoms with Gasteiger partial charge in [-0.3, -0.25) is 4.79 Å². The molecule has 1 amide bonds. The number of hydrogen-bond donors (Lipinski definition) is 2. The Kier molecular flexibility index (Phi) is 3.20. The number of carbonyl (C=O) groups excluding carboxylic acids is 1. The highest BCUT2D eigenvalue weighted by Gasteiger charge is 2.35. The molecular weight excluding hydrogens is 302 g/mol. The van der Waals surface area contributed by atoms with Gasteiger partial charge in [0.15, 0.2) is 11.5 Å². The minimum absolute atomic E-state index is 0.141. The van der Waals surface area contributed by atoms with Crippen LogP contribution in [-0.2, 0) is 6.54 Å². The number of carbonyl (C=O) groups is 1. The molecule has 1 aliphatic heterocycles. The Morgan fingerprint density at radius 2 is 1.75 bits per heavy atom. The molecule has 1 aliphatic rings. The summed E-state index contributed by atoms with van der Waals surface area (Å²) in [5, 5.41) is 21.9. The van der Waals surface area contributed by atoms with Gasteiger partial charge < -0.3 is 15.1 Å². The fourth-order valence-corrected chi connectivity index (χ4v) is 3.49. The summed E-state index contributed by atoms with van der Waals surface area (Å²) in [7, 11) is 0. The van der Waals surface area contributed by atoms with Gasteiger partial charge in [-0.15, -0.1) is 0 Å². The van der Waals surface area contributed by atoms with Crippen LogP contribution in [0.1, 0.15) is 34.5 Å². The van der Waals surface area contributed by atoms with E-state index in [2.05, 4.69) is 18.2 Å². The topological polar surface area (TPSA) is 60.8 Å². The Labute approximate surface area is 139 Å². The molecule has 0 bridgehead atoms. The highest BCUT2D eigenvalue weighted by molar-refractivity contribution is 6.02. The number of amides is 1. The van der Waals surface area contributed by atoms with E-state index in [0.717, 1.165) is 21.9 Å². The van der Waals surface area contributed by atoms with Crippen LogP contribution in [0, 0.1) is 0 Å². The predicted octanol–water partition coefficient (Wildman–Crippen LogP) is 3.97. The smallest absolute Gasteiger partial charge is 0.258 e. The lowest BCUT2D eigenvalue weighted by molar-refractivity contribution is 0.0714. The van der Waals surface area contributed by atoms with Gasteiger partial charge in [0.05, 0.1) is 11.6 Å². The average Bonchev–Trinajstić information content (AvgIpc) is 2.94. The summed E-state index contributed by atoms with van der Waals surface area (Å²) in [6, 6.07) is 17.1. The second kappa shape index (κ2) is 5.27. The molecule has 4 heteroatoms. The Hall–Kier alpha value is -3.01. The minimum Gasteiger partial charge on any atom is -0.504 e. The summed E-state index contributed by atoms with van der Waals surface area (Å²) in [6.07, 6.45) is 0. The van der Waals surface area contributed by atoms with E-state index in [1.54, 1.807) is 11.0 Å². The Morgan fingerprint density at radius 1 is 1.00 bits per heavy atom. The first-order valence-corrected chi connectivity index (χ1v) is 7.90. The zero-order valence-electron chi connectivity index (χ0n) is 13.2. The van der Waals surface area contributed by atoms with Gasteiger partial charge in [0.1, 0.15) is 0 Å². The van der Waals surface area contributed by atoms with Crippen LogP contribution < -0.4 is 0 Å².